The molecule has 0 radical (unpaired) electrons. The largest absolute Gasteiger partial charge is 0.390 e. The SMILES string of the molecule is CC(C)(C)C1CCCC(O)(CCS(C)(=O)=O)CC1. The maximum Gasteiger partial charge on any atom is 0.147 e. The van der Waals surface area contributed by atoms with Gasteiger partial charge in [-0.2, -0.15) is 0 Å². The van der Waals surface area contributed by atoms with Crippen LogP contribution in [0, 0.1) is 11.3 Å². The van der Waals surface area contributed by atoms with Gasteiger partial charge in [-0.3, -0.25) is 0 Å². The summed E-state index contributed by atoms with van der Waals surface area (Å²) in [6, 6.07) is 0. The number of rotatable bonds is 3. The topological polar surface area (TPSA) is 54.4 Å². The summed E-state index contributed by atoms with van der Waals surface area (Å²) in [5.41, 5.74) is -0.481. The van der Waals surface area contributed by atoms with Gasteiger partial charge in [0, 0.05) is 6.26 Å². The van der Waals surface area contributed by atoms with E-state index in [-0.39, 0.29) is 11.2 Å². The van der Waals surface area contributed by atoms with Gasteiger partial charge in [-0.15, -0.1) is 0 Å². The summed E-state index contributed by atoms with van der Waals surface area (Å²) in [4.78, 5) is 0. The van der Waals surface area contributed by atoms with Crippen LogP contribution in [0.3, 0.4) is 0 Å². The van der Waals surface area contributed by atoms with E-state index in [1.807, 2.05) is 0 Å². The molecule has 1 rings (SSSR count). The number of aliphatic hydroxyl groups is 1. The summed E-state index contributed by atoms with van der Waals surface area (Å²) in [5.74, 6) is 0.730. The van der Waals surface area contributed by atoms with Crippen LogP contribution in [0.1, 0.15) is 59.3 Å². The zero-order valence-electron chi connectivity index (χ0n) is 12.2. The highest BCUT2D eigenvalue weighted by Gasteiger charge is 2.34. The lowest BCUT2D eigenvalue weighted by Gasteiger charge is -2.31. The maximum absolute atomic E-state index is 11.2. The highest BCUT2D eigenvalue weighted by atomic mass is 32.2. The van der Waals surface area contributed by atoms with Crippen molar-refractivity contribution in [2.75, 3.05) is 12.0 Å². The molecule has 0 heterocycles. The van der Waals surface area contributed by atoms with Gasteiger partial charge in [0.2, 0.25) is 0 Å². The second-order valence-corrected chi connectivity index (χ2v) is 9.36. The van der Waals surface area contributed by atoms with Crippen molar-refractivity contribution in [2.45, 2.75) is 64.9 Å². The highest BCUT2D eigenvalue weighted by molar-refractivity contribution is 7.90. The molecule has 2 atom stereocenters. The third-order valence-electron chi connectivity index (χ3n) is 4.32. The fourth-order valence-corrected chi connectivity index (χ4v) is 3.63. The van der Waals surface area contributed by atoms with Crippen LogP contribution in [0.2, 0.25) is 0 Å². The minimum atomic E-state index is -2.98. The molecule has 0 aromatic heterocycles. The molecule has 1 aliphatic rings. The second kappa shape index (κ2) is 5.49. The van der Waals surface area contributed by atoms with E-state index in [1.54, 1.807) is 0 Å². The lowest BCUT2D eigenvalue weighted by molar-refractivity contribution is 0.0193. The van der Waals surface area contributed by atoms with E-state index in [2.05, 4.69) is 20.8 Å². The molecule has 0 spiro atoms. The minimum absolute atomic E-state index is 0.101. The quantitative estimate of drug-likeness (QED) is 0.806. The third-order valence-corrected chi connectivity index (χ3v) is 5.26. The van der Waals surface area contributed by atoms with Crippen LogP contribution < -0.4 is 0 Å². The molecule has 1 fully saturated rings. The normalized spacial score (nSPS) is 31.1. The zero-order valence-corrected chi connectivity index (χ0v) is 13.0. The molecule has 3 nitrogen and oxygen atoms in total. The van der Waals surface area contributed by atoms with Crippen LogP contribution >= 0.6 is 0 Å². The Balaban J connectivity index is 2.60. The zero-order chi connectivity index (χ0) is 14.0. The lowest BCUT2D eigenvalue weighted by atomic mass is 9.76. The Morgan fingerprint density at radius 2 is 1.83 bits per heavy atom. The van der Waals surface area contributed by atoms with Crippen molar-refractivity contribution < 1.29 is 13.5 Å². The Morgan fingerprint density at radius 3 is 2.33 bits per heavy atom. The Kier molecular flexibility index (Phi) is 4.87. The highest BCUT2D eigenvalue weighted by Crippen LogP contribution is 2.40. The first-order valence-electron chi connectivity index (χ1n) is 6.92. The first-order chi connectivity index (χ1) is 8.02. The molecule has 0 bridgehead atoms. The van der Waals surface area contributed by atoms with E-state index < -0.39 is 15.4 Å². The Labute approximate surface area is 112 Å². The van der Waals surface area contributed by atoms with Crippen LogP contribution in [-0.2, 0) is 9.84 Å². The fraction of sp³-hybridized carbons (Fsp3) is 1.00. The van der Waals surface area contributed by atoms with Crippen molar-refractivity contribution in [1.29, 1.82) is 0 Å². The minimum Gasteiger partial charge on any atom is -0.390 e. The molecule has 108 valence electrons. The molecule has 0 aromatic rings. The molecular formula is C14H28O3S. The molecule has 0 amide bonds. The molecule has 1 N–H and O–H groups in total. The van der Waals surface area contributed by atoms with Gasteiger partial charge in [0.25, 0.3) is 0 Å². The predicted octanol–water partition coefficient (Wildman–Crippen LogP) is 2.78. The Hall–Kier alpha value is -0.0900. The summed E-state index contributed by atoms with van der Waals surface area (Å²) in [5, 5.41) is 10.5. The van der Waals surface area contributed by atoms with Gasteiger partial charge in [0.05, 0.1) is 11.4 Å². The summed E-state index contributed by atoms with van der Waals surface area (Å²) >= 11 is 0. The first kappa shape index (κ1) is 16.0. The van der Waals surface area contributed by atoms with Crippen LogP contribution in [-0.4, -0.2) is 31.1 Å². The van der Waals surface area contributed by atoms with Gasteiger partial charge < -0.3 is 5.11 Å². The smallest absolute Gasteiger partial charge is 0.147 e. The molecule has 1 aliphatic carbocycles. The lowest BCUT2D eigenvalue weighted by Crippen LogP contribution is -2.31. The van der Waals surface area contributed by atoms with E-state index in [0.717, 1.165) is 32.1 Å². The van der Waals surface area contributed by atoms with Crippen LogP contribution in [0.4, 0.5) is 0 Å². The van der Waals surface area contributed by atoms with Gasteiger partial charge in [-0.05, 0) is 43.4 Å². The van der Waals surface area contributed by atoms with Crippen molar-refractivity contribution in [3.05, 3.63) is 0 Å². The van der Waals surface area contributed by atoms with Crippen LogP contribution in [0.5, 0.6) is 0 Å². The monoisotopic (exact) mass is 276 g/mol. The van der Waals surface area contributed by atoms with Gasteiger partial charge in [-0.1, -0.05) is 27.2 Å². The van der Waals surface area contributed by atoms with Crippen LogP contribution in [0.25, 0.3) is 0 Å². The van der Waals surface area contributed by atoms with Gasteiger partial charge in [-0.25, -0.2) is 8.42 Å². The van der Waals surface area contributed by atoms with E-state index >= 15 is 0 Å². The standard InChI is InChI=1S/C14H28O3S/c1-13(2,3)12-6-5-8-14(15,9-7-12)10-11-18(4,16)17/h12,15H,5-11H2,1-4H3. The van der Waals surface area contributed by atoms with Crippen LogP contribution in [0.15, 0.2) is 0 Å². The average Bonchev–Trinajstić information content (AvgIpc) is 2.36. The Bertz CT molecular complexity index is 367. The molecule has 0 saturated heterocycles. The maximum atomic E-state index is 11.2. The summed E-state index contributed by atoms with van der Waals surface area (Å²) in [6.07, 6.45) is 6.27. The van der Waals surface area contributed by atoms with Crippen molar-refractivity contribution in [1.82, 2.24) is 0 Å². The second-order valence-electron chi connectivity index (χ2n) is 7.10. The van der Waals surface area contributed by atoms with E-state index in [4.69, 9.17) is 0 Å². The van der Waals surface area contributed by atoms with Crippen molar-refractivity contribution in [2.24, 2.45) is 11.3 Å². The summed E-state index contributed by atoms with van der Waals surface area (Å²) in [7, 11) is -2.98. The molecular weight excluding hydrogens is 248 g/mol. The number of hydrogen-bond acceptors (Lipinski definition) is 3. The van der Waals surface area contributed by atoms with E-state index in [0.29, 0.717) is 12.3 Å². The van der Waals surface area contributed by atoms with Crippen molar-refractivity contribution in [3.63, 3.8) is 0 Å². The van der Waals surface area contributed by atoms with Gasteiger partial charge in [0.15, 0.2) is 0 Å². The van der Waals surface area contributed by atoms with Gasteiger partial charge >= 0.3 is 0 Å². The summed E-state index contributed by atoms with van der Waals surface area (Å²) in [6.45, 7) is 6.75. The van der Waals surface area contributed by atoms with E-state index in [1.165, 1.54) is 6.26 Å². The van der Waals surface area contributed by atoms with E-state index in [9.17, 15) is 13.5 Å². The molecule has 18 heavy (non-hydrogen) atoms. The third kappa shape index (κ3) is 5.27. The molecule has 2 unspecified atom stereocenters. The molecule has 0 aliphatic heterocycles. The molecule has 4 heteroatoms. The van der Waals surface area contributed by atoms with Crippen molar-refractivity contribution in [3.8, 4) is 0 Å². The van der Waals surface area contributed by atoms with Crippen molar-refractivity contribution >= 4 is 9.84 Å². The fourth-order valence-electron chi connectivity index (χ4n) is 2.88. The number of hydrogen-bond donors (Lipinski definition) is 1. The first-order valence-corrected chi connectivity index (χ1v) is 8.98. The van der Waals surface area contributed by atoms with Gasteiger partial charge in [0.1, 0.15) is 9.84 Å². The number of sulfone groups is 1. The summed E-state index contributed by atoms with van der Waals surface area (Å²) < 4.78 is 22.4. The predicted molar refractivity (Wildman–Crippen MR) is 75.3 cm³/mol. The average molecular weight is 276 g/mol. The molecule has 1 saturated carbocycles. The molecule has 0 aromatic carbocycles. The Morgan fingerprint density at radius 1 is 1.22 bits per heavy atom.